The second kappa shape index (κ2) is 9.11. The van der Waals surface area contributed by atoms with Gasteiger partial charge in [0.15, 0.2) is 6.61 Å². The van der Waals surface area contributed by atoms with Crippen molar-refractivity contribution in [2.45, 2.75) is 39.5 Å². The molecule has 0 unspecified atom stereocenters. The van der Waals surface area contributed by atoms with E-state index in [4.69, 9.17) is 4.74 Å². The van der Waals surface area contributed by atoms with E-state index in [0.29, 0.717) is 25.3 Å². The van der Waals surface area contributed by atoms with E-state index in [1.165, 1.54) is 10.9 Å². The fraction of sp³-hybridized carbons (Fsp3) is 0.474. The van der Waals surface area contributed by atoms with Gasteiger partial charge in [0.2, 0.25) is 0 Å². The molecule has 0 saturated heterocycles. The molecule has 0 bridgehead atoms. The Bertz CT molecular complexity index is 676. The fourth-order valence-corrected chi connectivity index (χ4v) is 2.53. The number of para-hydroxylation sites is 1. The summed E-state index contributed by atoms with van der Waals surface area (Å²) in [5, 5.41) is 3.94. The quantitative estimate of drug-likeness (QED) is 0.694. The number of esters is 1. The molecule has 130 valence electrons. The Morgan fingerprint density at radius 2 is 2.04 bits per heavy atom. The SMILES string of the molecule is CC(C)CCNC(=O)COC(=O)CCCc1c[nH]c2ccccc12. The predicted molar refractivity (Wildman–Crippen MR) is 94.7 cm³/mol. The zero-order chi connectivity index (χ0) is 17.4. The molecule has 1 aromatic heterocycles. The van der Waals surface area contributed by atoms with E-state index in [1.54, 1.807) is 0 Å². The summed E-state index contributed by atoms with van der Waals surface area (Å²) in [5.41, 5.74) is 2.30. The number of carbonyl (C=O) groups is 2. The number of carbonyl (C=O) groups excluding carboxylic acids is 2. The van der Waals surface area contributed by atoms with Crippen molar-refractivity contribution in [3.63, 3.8) is 0 Å². The molecule has 0 aliphatic heterocycles. The summed E-state index contributed by atoms with van der Waals surface area (Å²) in [5.74, 6) is -0.0214. The molecular formula is C19H26N2O3. The van der Waals surface area contributed by atoms with Crippen molar-refractivity contribution in [3.8, 4) is 0 Å². The second-order valence-electron chi connectivity index (χ2n) is 6.41. The normalized spacial score (nSPS) is 11.0. The first kappa shape index (κ1) is 18.0. The first-order chi connectivity index (χ1) is 11.6. The largest absolute Gasteiger partial charge is 0.456 e. The maximum absolute atomic E-state index is 11.7. The molecule has 0 aliphatic rings. The first-order valence-corrected chi connectivity index (χ1v) is 8.53. The monoisotopic (exact) mass is 330 g/mol. The molecule has 2 N–H and O–H groups in total. The second-order valence-corrected chi connectivity index (χ2v) is 6.41. The van der Waals surface area contributed by atoms with Crippen molar-refractivity contribution < 1.29 is 14.3 Å². The number of hydrogen-bond acceptors (Lipinski definition) is 3. The minimum Gasteiger partial charge on any atom is -0.456 e. The number of aryl methyl sites for hydroxylation is 1. The zero-order valence-electron chi connectivity index (χ0n) is 14.4. The third kappa shape index (κ3) is 5.72. The van der Waals surface area contributed by atoms with Crippen LogP contribution < -0.4 is 5.32 Å². The number of H-pyrrole nitrogens is 1. The topological polar surface area (TPSA) is 71.2 Å². The van der Waals surface area contributed by atoms with Crippen LogP contribution in [0.4, 0.5) is 0 Å². The maximum Gasteiger partial charge on any atom is 0.306 e. The molecule has 0 aliphatic carbocycles. The van der Waals surface area contributed by atoms with Gasteiger partial charge in [0.25, 0.3) is 5.91 Å². The van der Waals surface area contributed by atoms with E-state index in [9.17, 15) is 9.59 Å². The molecule has 0 radical (unpaired) electrons. The van der Waals surface area contributed by atoms with Crippen molar-refractivity contribution >= 4 is 22.8 Å². The van der Waals surface area contributed by atoms with Gasteiger partial charge in [0.1, 0.15) is 0 Å². The van der Waals surface area contributed by atoms with E-state index < -0.39 is 0 Å². The van der Waals surface area contributed by atoms with E-state index in [-0.39, 0.29) is 18.5 Å². The van der Waals surface area contributed by atoms with Gasteiger partial charge in [-0.3, -0.25) is 9.59 Å². The zero-order valence-corrected chi connectivity index (χ0v) is 14.4. The summed E-state index contributed by atoms with van der Waals surface area (Å²) in [4.78, 5) is 26.5. The molecule has 1 aromatic carbocycles. The summed E-state index contributed by atoms with van der Waals surface area (Å²) in [6.45, 7) is 4.62. The van der Waals surface area contributed by atoms with Crippen molar-refractivity contribution in [2.24, 2.45) is 5.92 Å². The van der Waals surface area contributed by atoms with Crippen molar-refractivity contribution in [1.29, 1.82) is 0 Å². The molecule has 1 heterocycles. The van der Waals surface area contributed by atoms with Crippen LogP contribution in [0.25, 0.3) is 10.9 Å². The number of benzene rings is 1. The third-order valence-corrected chi connectivity index (χ3v) is 3.91. The lowest BCUT2D eigenvalue weighted by Crippen LogP contribution is -2.30. The van der Waals surface area contributed by atoms with Gasteiger partial charge in [-0.2, -0.15) is 0 Å². The van der Waals surface area contributed by atoms with Crippen LogP contribution in [0.1, 0.15) is 38.7 Å². The molecule has 0 fully saturated rings. The smallest absolute Gasteiger partial charge is 0.306 e. The summed E-state index contributed by atoms with van der Waals surface area (Å²) < 4.78 is 5.01. The van der Waals surface area contributed by atoms with Gasteiger partial charge >= 0.3 is 5.97 Å². The van der Waals surface area contributed by atoms with E-state index in [0.717, 1.165) is 18.4 Å². The van der Waals surface area contributed by atoms with Gasteiger partial charge in [0.05, 0.1) is 0 Å². The van der Waals surface area contributed by atoms with Crippen molar-refractivity contribution in [2.75, 3.05) is 13.2 Å². The number of rotatable bonds is 9. The van der Waals surface area contributed by atoms with Gasteiger partial charge in [-0.05, 0) is 36.8 Å². The fourth-order valence-electron chi connectivity index (χ4n) is 2.53. The molecule has 5 heteroatoms. The molecule has 5 nitrogen and oxygen atoms in total. The Hall–Kier alpha value is -2.30. The van der Waals surface area contributed by atoms with Gasteiger partial charge < -0.3 is 15.0 Å². The van der Waals surface area contributed by atoms with Gasteiger partial charge in [-0.1, -0.05) is 32.0 Å². The highest BCUT2D eigenvalue weighted by molar-refractivity contribution is 5.83. The molecule has 2 aromatic rings. The standard InChI is InChI=1S/C19H26N2O3/c1-14(2)10-11-20-18(22)13-24-19(23)9-5-6-15-12-21-17-8-4-3-7-16(15)17/h3-4,7-8,12,14,21H,5-6,9-11,13H2,1-2H3,(H,20,22). The van der Waals surface area contributed by atoms with E-state index in [2.05, 4.69) is 30.2 Å². The minimum absolute atomic E-state index is 0.190. The highest BCUT2D eigenvalue weighted by Gasteiger charge is 2.09. The molecular weight excluding hydrogens is 304 g/mol. The van der Waals surface area contributed by atoms with E-state index >= 15 is 0 Å². The summed E-state index contributed by atoms with van der Waals surface area (Å²) in [7, 11) is 0. The molecule has 0 saturated carbocycles. The Labute approximate surface area is 142 Å². The molecule has 1 amide bonds. The number of amides is 1. The Morgan fingerprint density at radius 3 is 2.83 bits per heavy atom. The number of aromatic amines is 1. The molecule has 0 atom stereocenters. The first-order valence-electron chi connectivity index (χ1n) is 8.53. The van der Waals surface area contributed by atoms with Crippen molar-refractivity contribution in [3.05, 3.63) is 36.0 Å². The van der Waals surface area contributed by atoms with Crippen LogP contribution >= 0.6 is 0 Å². The predicted octanol–water partition coefficient (Wildman–Crippen LogP) is 3.20. The van der Waals surface area contributed by atoms with E-state index in [1.807, 2.05) is 24.4 Å². The Kier molecular flexibility index (Phi) is 6.85. The average Bonchev–Trinajstić information content (AvgIpc) is 2.96. The number of fused-ring (bicyclic) bond motifs is 1. The number of nitrogens with one attached hydrogen (secondary N) is 2. The number of aromatic nitrogens is 1. The number of hydrogen-bond donors (Lipinski definition) is 2. The molecule has 2 rings (SSSR count). The van der Waals surface area contributed by atoms with Crippen LogP contribution in [0.2, 0.25) is 0 Å². The lowest BCUT2D eigenvalue weighted by atomic mass is 10.1. The van der Waals surface area contributed by atoms with Crippen LogP contribution in [0, 0.1) is 5.92 Å². The Morgan fingerprint density at radius 1 is 1.25 bits per heavy atom. The van der Waals surface area contributed by atoms with Crippen molar-refractivity contribution in [1.82, 2.24) is 10.3 Å². The number of ether oxygens (including phenoxy) is 1. The lowest BCUT2D eigenvalue weighted by molar-refractivity contribution is -0.148. The van der Waals surface area contributed by atoms with Gasteiger partial charge in [0, 0.05) is 30.1 Å². The average molecular weight is 330 g/mol. The third-order valence-electron chi connectivity index (χ3n) is 3.91. The van der Waals surface area contributed by atoms with Crippen LogP contribution in [-0.4, -0.2) is 30.0 Å². The summed E-state index contributed by atoms with van der Waals surface area (Å²) in [6.07, 6.45) is 4.73. The van der Waals surface area contributed by atoms with Gasteiger partial charge in [-0.25, -0.2) is 0 Å². The highest BCUT2D eigenvalue weighted by atomic mass is 16.5. The van der Waals surface area contributed by atoms with Crippen LogP contribution in [0.15, 0.2) is 30.5 Å². The molecule has 0 spiro atoms. The minimum atomic E-state index is -0.325. The maximum atomic E-state index is 11.7. The van der Waals surface area contributed by atoms with Crippen LogP contribution in [-0.2, 0) is 20.7 Å². The summed E-state index contributed by atoms with van der Waals surface area (Å²) >= 11 is 0. The summed E-state index contributed by atoms with van der Waals surface area (Å²) in [6, 6.07) is 8.10. The van der Waals surface area contributed by atoms with Gasteiger partial charge in [-0.15, -0.1) is 0 Å². The lowest BCUT2D eigenvalue weighted by Gasteiger charge is -2.08. The van der Waals surface area contributed by atoms with Crippen LogP contribution in [0.5, 0.6) is 0 Å². The highest BCUT2D eigenvalue weighted by Crippen LogP contribution is 2.19. The van der Waals surface area contributed by atoms with Crippen LogP contribution in [0.3, 0.4) is 0 Å². The molecule has 24 heavy (non-hydrogen) atoms. The Balaban J connectivity index is 1.64.